The maximum absolute atomic E-state index is 12.2. The van der Waals surface area contributed by atoms with Crippen molar-refractivity contribution >= 4 is 23.0 Å². The van der Waals surface area contributed by atoms with E-state index in [1.807, 2.05) is 16.7 Å². The number of anilines is 1. The number of alkyl halides is 2. The quantitative estimate of drug-likeness (QED) is 0.814. The second kappa shape index (κ2) is 7.26. The molecule has 8 heteroatoms. The molecule has 4 rings (SSSR count). The Morgan fingerprint density at radius 2 is 1.93 bits per heavy atom. The van der Waals surface area contributed by atoms with Crippen LogP contribution in [0.5, 0.6) is 5.75 Å². The zero-order valence-corrected chi connectivity index (χ0v) is 15.3. The van der Waals surface area contributed by atoms with Crippen LogP contribution in [-0.2, 0) is 6.54 Å². The van der Waals surface area contributed by atoms with E-state index >= 15 is 0 Å². The maximum atomic E-state index is 12.2. The van der Waals surface area contributed by atoms with Crippen molar-refractivity contribution in [1.29, 1.82) is 0 Å². The second-order valence-electron chi connectivity index (χ2n) is 6.94. The van der Waals surface area contributed by atoms with Crippen LogP contribution in [0.4, 0.5) is 14.5 Å². The second-order valence-corrected chi connectivity index (χ2v) is 7.32. The Bertz CT molecular complexity index is 901. The third-order valence-corrected chi connectivity index (χ3v) is 5.46. The number of likely N-dealkylation sites (tertiary alicyclic amines) is 1. The molecule has 0 spiro atoms. The average molecular weight is 391 g/mol. The molecule has 5 nitrogen and oxygen atoms in total. The molecule has 1 aromatic carbocycles. The summed E-state index contributed by atoms with van der Waals surface area (Å²) in [4.78, 5) is 14.2. The van der Waals surface area contributed by atoms with Crippen LogP contribution in [0.3, 0.4) is 0 Å². The molecule has 0 saturated carbocycles. The van der Waals surface area contributed by atoms with Crippen LogP contribution in [0.2, 0.25) is 0 Å². The summed E-state index contributed by atoms with van der Waals surface area (Å²) in [6.45, 7) is -0.591. The van der Waals surface area contributed by atoms with Crippen molar-refractivity contribution in [2.45, 2.75) is 25.5 Å². The minimum absolute atomic E-state index is 0.0578. The Labute approximate surface area is 160 Å². The van der Waals surface area contributed by atoms with Crippen molar-refractivity contribution in [2.24, 2.45) is 5.92 Å². The molecule has 0 unspecified atom stereocenters. The van der Waals surface area contributed by atoms with Gasteiger partial charge in [-0.15, -0.1) is 0 Å². The third kappa shape index (κ3) is 3.80. The van der Waals surface area contributed by atoms with E-state index in [0.29, 0.717) is 23.3 Å². The minimum Gasteiger partial charge on any atom is -0.435 e. The van der Waals surface area contributed by atoms with E-state index in [4.69, 9.17) is 12.2 Å². The highest BCUT2D eigenvalue weighted by molar-refractivity contribution is 7.80. The molecular weight excluding hydrogens is 372 g/mol. The summed E-state index contributed by atoms with van der Waals surface area (Å²) >= 11 is 5.56. The third-order valence-electron chi connectivity index (χ3n) is 5.10. The van der Waals surface area contributed by atoms with Crippen molar-refractivity contribution in [3.63, 3.8) is 0 Å². The number of piperidine rings is 1. The molecule has 0 aliphatic carbocycles. The average Bonchev–Trinajstić information content (AvgIpc) is 2.64. The number of nitrogens with zero attached hydrogens (tertiary/aromatic N) is 2. The molecule has 27 heavy (non-hydrogen) atoms. The number of hydrogen-bond donors (Lipinski definition) is 1. The summed E-state index contributed by atoms with van der Waals surface area (Å²) < 4.78 is 30.7. The highest BCUT2D eigenvalue weighted by atomic mass is 32.1. The molecule has 142 valence electrons. The Balaban J connectivity index is 1.44. The van der Waals surface area contributed by atoms with Gasteiger partial charge in [-0.25, -0.2) is 0 Å². The maximum Gasteiger partial charge on any atom is 0.387 e. The highest BCUT2D eigenvalue weighted by Crippen LogP contribution is 2.35. The molecule has 2 aliphatic heterocycles. The van der Waals surface area contributed by atoms with Crippen LogP contribution in [-0.4, -0.2) is 34.3 Å². The molecule has 2 bridgehead atoms. The predicted octanol–water partition coefficient (Wildman–Crippen LogP) is 3.27. The molecular formula is C19H19F2N3O2S. The smallest absolute Gasteiger partial charge is 0.387 e. The van der Waals surface area contributed by atoms with Crippen molar-refractivity contribution in [3.05, 3.63) is 58.5 Å². The Hall–Kier alpha value is -2.48. The van der Waals surface area contributed by atoms with Gasteiger partial charge in [-0.3, -0.25) is 4.79 Å². The van der Waals surface area contributed by atoms with Crippen LogP contribution < -0.4 is 15.6 Å². The number of ether oxygens (including phenoxy) is 1. The fourth-order valence-corrected chi connectivity index (χ4v) is 4.25. The van der Waals surface area contributed by atoms with Gasteiger partial charge in [0.2, 0.25) is 0 Å². The van der Waals surface area contributed by atoms with Gasteiger partial charge in [0.25, 0.3) is 5.56 Å². The number of thiocarbonyl (C=S) groups is 1. The number of aromatic nitrogens is 1. The molecule has 2 aromatic rings. The fourth-order valence-electron chi connectivity index (χ4n) is 3.98. The van der Waals surface area contributed by atoms with E-state index in [-0.39, 0.29) is 17.2 Å². The van der Waals surface area contributed by atoms with Gasteiger partial charge in [-0.1, -0.05) is 6.07 Å². The first-order valence-electron chi connectivity index (χ1n) is 8.80. The molecule has 3 heterocycles. The molecule has 0 amide bonds. The lowest BCUT2D eigenvalue weighted by Gasteiger charge is -2.43. The first-order valence-corrected chi connectivity index (χ1v) is 9.21. The topological polar surface area (TPSA) is 46.5 Å². The Morgan fingerprint density at radius 1 is 1.15 bits per heavy atom. The Morgan fingerprint density at radius 3 is 2.67 bits per heavy atom. The number of nitrogens with one attached hydrogen (secondary N) is 1. The molecule has 1 N–H and O–H groups in total. The van der Waals surface area contributed by atoms with Gasteiger partial charge in [-0.05, 0) is 54.9 Å². The van der Waals surface area contributed by atoms with E-state index < -0.39 is 6.61 Å². The van der Waals surface area contributed by atoms with E-state index in [2.05, 4.69) is 15.0 Å². The molecule has 2 aliphatic rings. The summed E-state index contributed by atoms with van der Waals surface area (Å²) in [7, 11) is 0. The summed E-state index contributed by atoms with van der Waals surface area (Å²) in [5.41, 5.74) is 1.84. The van der Waals surface area contributed by atoms with E-state index in [1.54, 1.807) is 18.2 Å². The van der Waals surface area contributed by atoms with Crippen molar-refractivity contribution in [2.75, 3.05) is 18.4 Å². The van der Waals surface area contributed by atoms with Crippen molar-refractivity contribution < 1.29 is 13.5 Å². The van der Waals surface area contributed by atoms with E-state index in [0.717, 1.165) is 25.2 Å². The monoisotopic (exact) mass is 391 g/mol. The largest absolute Gasteiger partial charge is 0.435 e. The lowest BCUT2D eigenvalue weighted by atomic mass is 9.83. The predicted molar refractivity (Wildman–Crippen MR) is 102 cm³/mol. The molecule has 0 radical (unpaired) electrons. The fraction of sp³-hybridized carbons (Fsp3) is 0.368. The summed E-state index contributed by atoms with van der Waals surface area (Å²) in [5, 5.41) is 3.76. The molecule has 1 fully saturated rings. The molecule has 2 atom stereocenters. The van der Waals surface area contributed by atoms with Crippen LogP contribution in [0.1, 0.15) is 18.0 Å². The number of hydrogen-bond acceptors (Lipinski definition) is 3. The van der Waals surface area contributed by atoms with Crippen molar-refractivity contribution in [1.82, 2.24) is 9.47 Å². The zero-order chi connectivity index (χ0) is 19.0. The summed E-state index contributed by atoms with van der Waals surface area (Å²) in [5.74, 6) is 0.752. The van der Waals surface area contributed by atoms with E-state index in [1.165, 1.54) is 12.1 Å². The molecule has 1 aromatic heterocycles. The van der Waals surface area contributed by atoms with Gasteiger partial charge in [0.05, 0.1) is 0 Å². The van der Waals surface area contributed by atoms with Crippen LogP contribution in [0.15, 0.2) is 47.3 Å². The normalized spacial score (nSPS) is 20.9. The van der Waals surface area contributed by atoms with Crippen LogP contribution >= 0.6 is 12.2 Å². The minimum atomic E-state index is -2.84. The number of fused-ring (bicyclic) bond motifs is 4. The SMILES string of the molecule is O=c1cccc2n1C[C@H]1C[C@H]2CN(C(=S)Nc2ccc(OC(F)F)cc2)C1. The summed E-state index contributed by atoms with van der Waals surface area (Å²) in [6, 6.07) is 11.7. The number of pyridine rings is 1. The standard InChI is InChI=1S/C19H19F2N3O2S/c20-18(21)26-15-6-4-14(5-7-15)22-19(27)23-9-12-8-13(11-23)16-2-1-3-17(25)24(16)10-12/h1-7,12-13,18H,8-11H2,(H,22,27)/t12-,13-/m0/s1. The number of benzene rings is 1. The van der Waals surface area contributed by atoms with Crippen LogP contribution in [0.25, 0.3) is 0 Å². The van der Waals surface area contributed by atoms with Gasteiger partial charge in [0.1, 0.15) is 5.75 Å². The molecule has 1 saturated heterocycles. The van der Waals surface area contributed by atoms with Crippen molar-refractivity contribution in [3.8, 4) is 5.75 Å². The van der Waals surface area contributed by atoms with Gasteiger partial charge < -0.3 is 19.5 Å². The first-order chi connectivity index (χ1) is 13.0. The number of rotatable bonds is 3. The highest BCUT2D eigenvalue weighted by Gasteiger charge is 2.35. The van der Waals surface area contributed by atoms with Gasteiger partial charge >= 0.3 is 6.61 Å². The lowest BCUT2D eigenvalue weighted by molar-refractivity contribution is -0.0498. The zero-order valence-electron chi connectivity index (χ0n) is 14.5. The van der Waals surface area contributed by atoms with Gasteiger partial charge in [-0.2, -0.15) is 8.78 Å². The first kappa shape index (κ1) is 17.9. The Kier molecular flexibility index (Phi) is 4.82. The number of halogens is 2. The van der Waals surface area contributed by atoms with E-state index in [9.17, 15) is 13.6 Å². The van der Waals surface area contributed by atoms with Crippen LogP contribution in [0, 0.1) is 5.92 Å². The van der Waals surface area contributed by atoms with Gasteiger partial charge in [0, 0.05) is 43.0 Å². The summed E-state index contributed by atoms with van der Waals surface area (Å²) in [6.07, 6.45) is 1.06. The van der Waals surface area contributed by atoms with Gasteiger partial charge in [0.15, 0.2) is 5.11 Å². The lowest BCUT2D eigenvalue weighted by Crippen LogP contribution is -2.50.